The van der Waals surface area contributed by atoms with Crippen LogP contribution in [0.1, 0.15) is 54.4 Å². The fourth-order valence-corrected chi connectivity index (χ4v) is 3.13. The molecule has 2 atom stereocenters. The van der Waals surface area contributed by atoms with Crippen LogP contribution in [-0.4, -0.2) is 29.8 Å². The smallest absolute Gasteiger partial charge is 0.231 e. The first-order valence-corrected chi connectivity index (χ1v) is 10.3. The van der Waals surface area contributed by atoms with Gasteiger partial charge in [0.15, 0.2) is 0 Å². The lowest BCUT2D eigenvalue weighted by atomic mass is 9.74. The second kappa shape index (κ2) is 13.8. The van der Waals surface area contributed by atoms with Crippen LogP contribution in [0.4, 0.5) is 0 Å². The van der Waals surface area contributed by atoms with Gasteiger partial charge in [0.05, 0.1) is 17.6 Å². The third-order valence-electron chi connectivity index (χ3n) is 4.73. The van der Waals surface area contributed by atoms with Gasteiger partial charge in [-0.2, -0.15) is 0 Å². The van der Waals surface area contributed by atoms with Crippen molar-refractivity contribution in [1.82, 2.24) is 5.32 Å². The zero-order valence-corrected chi connectivity index (χ0v) is 19.0. The Morgan fingerprint density at radius 1 is 1.21 bits per heavy atom. The van der Waals surface area contributed by atoms with E-state index < -0.39 is 5.41 Å². The van der Waals surface area contributed by atoms with Crippen LogP contribution in [0.25, 0.3) is 0 Å². The molecule has 0 saturated heterocycles. The lowest BCUT2D eigenvalue weighted by Gasteiger charge is -2.33. The summed E-state index contributed by atoms with van der Waals surface area (Å²) in [6.07, 6.45) is 13.8. The molecule has 0 fully saturated rings. The molecule has 2 unspecified atom stereocenters. The van der Waals surface area contributed by atoms with Gasteiger partial charge < -0.3 is 15.2 Å². The molecule has 0 aromatic carbocycles. The molecule has 0 aliphatic rings. The lowest BCUT2D eigenvalue weighted by Crippen LogP contribution is -2.46. The van der Waals surface area contributed by atoms with Crippen LogP contribution in [0.5, 0.6) is 0 Å². The topological polar surface area (TPSA) is 58.6 Å². The van der Waals surface area contributed by atoms with E-state index in [1.54, 1.807) is 12.2 Å². The molecule has 1 amide bonds. The number of nitrogens with one attached hydrogen (secondary N) is 1. The predicted octanol–water partition coefficient (Wildman–Crippen LogP) is 5.40. The van der Waals surface area contributed by atoms with Crippen LogP contribution in [0.15, 0.2) is 72.6 Å². The van der Waals surface area contributed by atoms with Gasteiger partial charge in [0.25, 0.3) is 0 Å². The second-order valence-corrected chi connectivity index (χ2v) is 7.25. The fourth-order valence-electron chi connectivity index (χ4n) is 3.13. The molecule has 0 rings (SSSR count). The van der Waals surface area contributed by atoms with Crippen molar-refractivity contribution in [1.29, 1.82) is 0 Å². The Hall–Kier alpha value is -2.33. The predicted molar refractivity (Wildman–Crippen MR) is 123 cm³/mol. The van der Waals surface area contributed by atoms with E-state index in [-0.39, 0.29) is 31.1 Å². The Bertz CT molecular complexity index is 668. The normalized spacial score (nSPS) is 16.1. The maximum Gasteiger partial charge on any atom is 0.231 e. The number of hydrogen-bond acceptors (Lipinski definition) is 3. The molecule has 0 aromatic rings. The van der Waals surface area contributed by atoms with Crippen LogP contribution >= 0.6 is 0 Å². The number of allylic oxidation sites excluding steroid dienone is 6. The third kappa shape index (κ3) is 8.28. The zero-order valence-electron chi connectivity index (χ0n) is 19.0. The molecule has 4 nitrogen and oxygen atoms in total. The Morgan fingerprint density at radius 3 is 2.28 bits per heavy atom. The first-order valence-electron chi connectivity index (χ1n) is 10.3. The van der Waals surface area contributed by atoms with Crippen LogP contribution in [0.2, 0.25) is 0 Å². The summed E-state index contributed by atoms with van der Waals surface area (Å²) in [5, 5.41) is 12.8. The summed E-state index contributed by atoms with van der Waals surface area (Å²) in [4.78, 5) is 13.4. The minimum absolute atomic E-state index is 0.000367. The van der Waals surface area contributed by atoms with E-state index in [2.05, 4.69) is 18.5 Å². The van der Waals surface area contributed by atoms with E-state index in [9.17, 15) is 9.90 Å². The molecule has 2 N–H and O–H groups in total. The van der Waals surface area contributed by atoms with E-state index >= 15 is 0 Å². The van der Waals surface area contributed by atoms with E-state index in [1.165, 1.54) is 0 Å². The maximum absolute atomic E-state index is 13.4. The van der Waals surface area contributed by atoms with Crippen LogP contribution in [0.3, 0.4) is 0 Å². The van der Waals surface area contributed by atoms with Crippen molar-refractivity contribution in [2.45, 2.75) is 66.5 Å². The van der Waals surface area contributed by atoms with Crippen molar-refractivity contribution >= 4 is 5.91 Å². The number of hydrogen-bond donors (Lipinski definition) is 2. The average Bonchev–Trinajstić information content (AvgIpc) is 2.65. The first kappa shape index (κ1) is 26.7. The molecule has 0 spiro atoms. The van der Waals surface area contributed by atoms with Gasteiger partial charge >= 0.3 is 0 Å². The van der Waals surface area contributed by atoms with Gasteiger partial charge in [-0.05, 0) is 70.8 Å². The minimum atomic E-state index is -0.925. The van der Waals surface area contributed by atoms with Crippen LogP contribution < -0.4 is 5.32 Å². The van der Waals surface area contributed by atoms with Crippen molar-refractivity contribution in [3.63, 3.8) is 0 Å². The summed E-state index contributed by atoms with van der Waals surface area (Å²) < 4.78 is 5.83. The van der Waals surface area contributed by atoms with Gasteiger partial charge in [-0.25, -0.2) is 0 Å². The summed E-state index contributed by atoms with van der Waals surface area (Å²) in [5.41, 5.74) is 0.641. The molecule has 0 aliphatic heterocycles. The highest BCUT2D eigenvalue weighted by Gasteiger charge is 2.39. The van der Waals surface area contributed by atoms with Crippen molar-refractivity contribution in [3.8, 4) is 0 Å². The highest BCUT2D eigenvalue weighted by Crippen LogP contribution is 2.36. The molecule has 0 heterocycles. The Balaban J connectivity index is 5.96. The summed E-state index contributed by atoms with van der Waals surface area (Å²) in [6, 6.07) is -0.208. The summed E-state index contributed by atoms with van der Waals surface area (Å²) >= 11 is 0. The van der Waals surface area contributed by atoms with E-state index in [0.717, 1.165) is 5.57 Å². The lowest BCUT2D eigenvalue weighted by molar-refractivity contribution is -0.130. The van der Waals surface area contributed by atoms with Gasteiger partial charge in [0.2, 0.25) is 5.91 Å². The second-order valence-electron chi connectivity index (χ2n) is 7.25. The summed E-state index contributed by atoms with van der Waals surface area (Å²) in [6.45, 7) is 19.4. The molecule has 0 radical (unpaired) electrons. The monoisotopic (exact) mass is 401 g/mol. The fraction of sp³-hybridized carbons (Fsp3) is 0.480. The van der Waals surface area contributed by atoms with Crippen molar-refractivity contribution in [2.75, 3.05) is 6.61 Å². The Kier molecular flexibility index (Phi) is 12.7. The molecule has 4 heteroatoms. The number of amides is 1. The van der Waals surface area contributed by atoms with Gasteiger partial charge in [0.1, 0.15) is 5.76 Å². The number of carbonyl (C=O) groups excluding carboxylic acids is 1. The number of aliphatic hydroxyl groups is 1. The zero-order chi connectivity index (χ0) is 22.4. The van der Waals surface area contributed by atoms with Crippen LogP contribution in [-0.2, 0) is 9.53 Å². The van der Waals surface area contributed by atoms with Crippen molar-refractivity contribution in [2.24, 2.45) is 5.41 Å². The molecule has 0 aromatic heterocycles. The van der Waals surface area contributed by atoms with Gasteiger partial charge in [-0.3, -0.25) is 4.79 Å². The summed E-state index contributed by atoms with van der Waals surface area (Å²) in [5.74, 6) is 0.483. The molecular formula is C25H39NO3. The number of ether oxygens (including phenoxy) is 1. The largest absolute Gasteiger partial charge is 0.491 e. The van der Waals surface area contributed by atoms with Crippen molar-refractivity contribution < 1.29 is 14.6 Å². The van der Waals surface area contributed by atoms with E-state index in [4.69, 9.17) is 4.74 Å². The third-order valence-corrected chi connectivity index (χ3v) is 4.73. The average molecular weight is 402 g/mol. The Morgan fingerprint density at radius 2 is 1.83 bits per heavy atom. The number of carbonyl (C=O) groups is 1. The van der Waals surface area contributed by atoms with E-state index in [1.807, 2.05) is 71.9 Å². The molecule has 162 valence electrons. The van der Waals surface area contributed by atoms with Gasteiger partial charge in [-0.15, -0.1) is 0 Å². The standard InChI is InChI=1S/C25H39NO3/c1-9-13-22(14-10-2)21(8)26-24(28)25(12-4,16-17-27)20(7)18-23(15-11-3)29-19(5)6/h9-11,13-15,18-19,21,27H,1,7,12,16-17H2,2-6,8H3,(H,26,28)/b14-10-,15-11-,22-13+,23-18+. The van der Waals surface area contributed by atoms with Gasteiger partial charge in [0, 0.05) is 6.61 Å². The first-order chi connectivity index (χ1) is 13.7. The Labute approximate surface area is 177 Å². The molecule has 0 aliphatic carbocycles. The number of rotatable bonds is 13. The molecule has 0 saturated carbocycles. The van der Waals surface area contributed by atoms with Crippen molar-refractivity contribution in [3.05, 3.63) is 72.6 Å². The van der Waals surface area contributed by atoms with E-state index in [0.29, 0.717) is 17.8 Å². The molecular weight excluding hydrogens is 362 g/mol. The highest BCUT2D eigenvalue weighted by atomic mass is 16.5. The summed E-state index contributed by atoms with van der Waals surface area (Å²) in [7, 11) is 0. The highest BCUT2D eigenvalue weighted by molar-refractivity contribution is 5.87. The van der Waals surface area contributed by atoms with Crippen LogP contribution in [0, 0.1) is 5.41 Å². The SMILES string of the molecule is C=C/C=C(\C=C/C)C(C)NC(=O)C(CC)(CCO)C(=C)/C=C(\C=C/C)OC(C)C. The quantitative estimate of drug-likeness (QED) is 0.321. The van der Waals surface area contributed by atoms with Gasteiger partial charge in [-0.1, -0.05) is 50.5 Å². The number of aliphatic hydroxyl groups excluding tert-OH is 1. The molecule has 0 bridgehead atoms. The maximum atomic E-state index is 13.4. The minimum Gasteiger partial charge on any atom is -0.491 e. The molecule has 29 heavy (non-hydrogen) atoms.